The van der Waals surface area contributed by atoms with Gasteiger partial charge in [-0.15, -0.1) is 0 Å². The Labute approximate surface area is 56.7 Å². The predicted molar refractivity (Wildman–Crippen MR) is 30.6 cm³/mol. The van der Waals surface area contributed by atoms with Gasteiger partial charge in [0.15, 0.2) is 0 Å². The third kappa shape index (κ3) is 0.950. The lowest BCUT2D eigenvalue weighted by molar-refractivity contribution is -0.155. The molecule has 1 aliphatic heterocycles. The van der Waals surface area contributed by atoms with Gasteiger partial charge in [-0.1, -0.05) is 0 Å². The van der Waals surface area contributed by atoms with E-state index in [2.05, 4.69) is 5.32 Å². The van der Waals surface area contributed by atoms with Crippen LogP contribution in [-0.2, 0) is 9.59 Å². The van der Waals surface area contributed by atoms with Gasteiger partial charge in [0.1, 0.15) is 6.04 Å². The Morgan fingerprint density at radius 3 is 2.00 bits per heavy atom. The minimum Gasteiger partial charge on any atom is -0.481 e. The van der Waals surface area contributed by atoms with E-state index in [1.165, 1.54) is 0 Å². The van der Waals surface area contributed by atoms with E-state index in [0.717, 1.165) is 0 Å². The van der Waals surface area contributed by atoms with Gasteiger partial charge in [0.25, 0.3) is 0 Å². The van der Waals surface area contributed by atoms with Crippen molar-refractivity contribution in [1.29, 1.82) is 0 Å². The molecule has 0 spiro atoms. The molecule has 0 aromatic carbocycles. The van der Waals surface area contributed by atoms with Crippen LogP contribution in [0.3, 0.4) is 0 Å². The van der Waals surface area contributed by atoms with Crippen molar-refractivity contribution in [3.8, 4) is 0 Å². The van der Waals surface area contributed by atoms with E-state index in [0.29, 0.717) is 0 Å². The highest BCUT2D eigenvalue weighted by molar-refractivity contribution is 5.84. The summed E-state index contributed by atoms with van der Waals surface area (Å²) in [5.74, 6) is -2.90. The van der Waals surface area contributed by atoms with Gasteiger partial charge in [-0.25, -0.2) is 0 Å². The molecule has 0 radical (unpaired) electrons. The molecule has 1 saturated heterocycles. The van der Waals surface area contributed by atoms with Gasteiger partial charge < -0.3 is 15.5 Å². The minimum atomic E-state index is -1.10. The summed E-state index contributed by atoms with van der Waals surface area (Å²) in [6.07, 6.45) is 0. The lowest BCUT2D eigenvalue weighted by Crippen LogP contribution is -2.60. The van der Waals surface area contributed by atoms with Crippen molar-refractivity contribution < 1.29 is 19.8 Å². The third-order valence-electron chi connectivity index (χ3n) is 1.54. The smallest absolute Gasteiger partial charge is 0.321 e. The quantitative estimate of drug-likeness (QED) is 0.451. The Morgan fingerprint density at radius 2 is 1.90 bits per heavy atom. The van der Waals surface area contributed by atoms with E-state index in [-0.39, 0.29) is 6.54 Å². The molecule has 1 heterocycles. The molecule has 0 saturated carbocycles. The number of carboxylic acids is 2. The van der Waals surface area contributed by atoms with E-state index in [4.69, 9.17) is 10.2 Å². The monoisotopic (exact) mass is 145 g/mol. The van der Waals surface area contributed by atoms with Crippen molar-refractivity contribution in [2.75, 3.05) is 6.54 Å². The van der Waals surface area contributed by atoms with E-state index >= 15 is 0 Å². The topological polar surface area (TPSA) is 86.6 Å². The number of carbonyl (C=O) groups is 2. The fourth-order valence-corrected chi connectivity index (χ4v) is 0.843. The number of aliphatic carboxylic acids is 2. The van der Waals surface area contributed by atoms with Gasteiger partial charge in [-0.2, -0.15) is 0 Å². The maximum Gasteiger partial charge on any atom is 0.321 e. The maximum absolute atomic E-state index is 10.2. The van der Waals surface area contributed by atoms with Crippen molar-refractivity contribution >= 4 is 11.9 Å². The molecule has 5 nitrogen and oxygen atoms in total. The van der Waals surface area contributed by atoms with Crippen molar-refractivity contribution in [1.82, 2.24) is 5.32 Å². The summed E-state index contributed by atoms with van der Waals surface area (Å²) in [5.41, 5.74) is 0. The summed E-state index contributed by atoms with van der Waals surface area (Å²) in [4.78, 5) is 20.4. The normalized spacial score (nSPS) is 30.8. The zero-order chi connectivity index (χ0) is 7.72. The highest BCUT2D eigenvalue weighted by Gasteiger charge is 2.41. The highest BCUT2D eigenvalue weighted by Crippen LogP contribution is 2.12. The summed E-state index contributed by atoms with van der Waals surface area (Å²) >= 11 is 0. The molecule has 0 unspecified atom stereocenters. The number of nitrogens with one attached hydrogen (secondary N) is 1. The van der Waals surface area contributed by atoms with E-state index in [1.54, 1.807) is 0 Å². The Morgan fingerprint density at radius 1 is 1.30 bits per heavy atom. The molecule has 1 aliphatic rings. The van der Waals surface area contributed by atoms with Crippen molar-refractivity contribution in [2.24, 2.45) is 5.92 Å². The molecule has 5 heteroatoms. The molecule has 0 aromatic heterocycles. The Hall–Kier alpha value is -1.10. The highest BCUT2D eigenvalue weighted by atomic mass is 16.4. The number of hydrogen-bond donors (Lipinski definition) is 3. The molecule has 0 bridgehead atoms. The fourth-order valence-electron chi connectivity index (χ4n) is 0.843. The number of rotatable bonds is 2. The van der Waals surface area contributed by atoms with Crippen LogP contribution >= 0.6 is 0 Å². The van der Waals surface area contributed by atoms with Crippen LogP contribution in [0, 0.1) is 5.92 Å². The summed E-state index contributed by atoms with van der Waals surface area (Å²) < 4.78 is 0. The summed E-state index contributed by atoms with van der Waals surface area (Å²) in [6, 6.07) is -0.891. The average molecular weight is 145 g/mol. The van der Waals surface area contributed by atoms with Gasteiger partial charge in [-0.05, 0) is 0 Å². The molecule has 1 fully saturated rings. The van der Waals surface area contributed by atoms with Crippen LogP contribution in [0.4, 0.5) is 0 Å². The van der Waals surface area contributed by atoms with Crippen LogP contribution < -0.4 is 5.32 Å². The lowest BCUT2D eigenvalue weighted by Gasteiger charge is -2.30. The summed E-state index contributed by atoms with van der Waals surface area (Å²) in [5, 5.41) is 19.2. The molecular weight excluding hydrogens is 138 g/mol. The maximum atomic E-state index is 10.2. The summed E-state index contributed by atoms with van der Waals surface area (Å²) in [6.45, 7) is 0.256. The average Bonchev–Trinajstić information content (AvgIpc) is 1.56. The second-order valence-electron chi connectivity index (χ2n) is 2.17. The minimum absolute atomic E-state index is 0.256. The standard InChI is InChI=1S/C5H7NO4/c7-4(8)2-1-6-3(2)5(9)10/h2-3,6H,1H2,(H,7,8)(H,9,10)/t2-,3+/m1/s1. The molecular formula is C5H7NO4. The Bertz CT molecular complexity index is 158. The molecule has 56 valence electrons. The first-order valence-corrected chi connectivity index (χ1v) is 2.82. The van der Waals surface area contributed by atoms with Crippen LogP contribution in [0.25, 0.3) is 0 Å². The first kappa shape index (κ1) is 7.01. The fraction of sp³-hybridized carbons (Fsp3) is 0.600. The Kier molecular flexibility index (Phi) is 1.58. The molecule has 2 atom stereocenters. The molecule has 0 amide bonds. The first-order valence-electron chi connectivity index (χ1n) is 2.82. The van der Waals surface area contributed by atoms with Crippen molar-refractivity contribution in [3.05, 3.63) is 0 Å². The lowest BCUT2D eigenvalue weighted by atomic mass is 9.92. The van der Waals surface area contributed by atoms with Crippen LogP contribution in [-0.4, -0.2) is 34.7 Å². The molecule has 3 N–H and O–H groups in total. The van der Waals surface area contributed by atoms with Gasteiger partial charge in [0, 0.05) is 6.54 Å². The largest absolute Gasteiger partial charge is 0.481 e. The van der Waals surface area contributed by atoms with Crippen LogP contribution in [0.15, 0.2) is 0 Å². The first-order chi connectivity index (χ1) is 4.63. The second-order valence-corrected chi connectivity index (χ2v) is 2.17. The predicted octanol–water partition coefficient (Wildman–Crippen LogP) is -1.26. The van der Waals surface area contributed by atoms with Crippen molar-refractivity contribution in [3.63, 3.8) is 0 Å². The van der Waals surface area contributed by atoms with E-state index < -0.39 is 23.9 Å². The van der Waals surface area contributed by atoms with E-state index in [9.17, 15) is 9.59 Å². The Balaban J connectivity index is 2.51. The van der Waals surface area contributed by atoms with Crippen molar-refractivity contribution in [2.45, 2.75) is 6.04 Å². The van der Waals surface area contributed by atoms with Crippen LogP contribution in [0.2, 0.25) is 0 Å². The van der Waals surface area contributed by atoms with Crippen LogP contribution in [0.1, 0.15) is 0 Å². The van der Waals surface area contributed by atoms with Gasteiger partial charge in [0.2, 0.25) is 0 Å². The van der Waals surface area contributed by atoms with Gasteiger partial charge in [-0.3, -0.25) is 9.59 Å². The molecule has 1 rings (SSSR count). The zero-order valence-corrected chi connectivity index (χ0v) is 5.07. The number of carboxylic acid groups (broad SMARTS) is 2. The molecule has 10 heavy (non-hydrogen) atoms. The second kappa shape index (κ2) is 2.26. The van der Waals surface area contributed by atoms with Gasteiger partial charge >= 0.3 is 11.9 Å². The SMILES string of the molecule is O=C(O)[C@H]1NC[C@H]1C(=O)O. The summed E-state index contributed by atoms with van der Waals surface area (Å²) in [7, 11) is 0. The van der Waals surface area contributed by atoms with Gasteiger partial charge in [0.05, 0.1) is 5.92 Å². The molecule has 0 aliphatic carbocycles. The molecule has 0 aromatic rings. The third-order valence-corrected chi connectivity index (χ3v) is 1.54. The van der Waals surface area contributed by atoms with E-state index in [1.807, 2.05) is 0 Å². The number of hydrogen-bond acceptors (Lipinski definition) is 3. The zero-order valence-electron chi connectivity index (χ0n) is 5.07. The van der Waals surface area contributed by atoms with Crippen LogP contribution in [0.5, 0.6) is 0 Å².